The molecule has 2 aromatic carbocycles. The molecule has 28 heavy (non-hydrogen) atoms. The number of tetrazole rings is 1. The Morgan fingerprint density at radius 2 is 2.07 bits per heavy atom. The first-order chi connectivity index (χ1) is 13.7. The average molecular weight is 395 g/mol. The van der Waals surface area contributed by atoms with E-state index in [1.54, 1.807) is 11.8 Å². The molecule has 0 spiro atoms. The Morgan fingerprint density at radius 1 is 1.21 bits per heavy atom. The van der Waals surface area contributed by atoms with Gasteiger partial charge in [-0.05, 0) is 59.5 Å². The lowest BCUT2D eigenvalue weighted by atomic mass is 10.0. The first kappa shape index (κ1) is 18.5. The van der Waals surface area contributed by atoms with E-state index in [9.17, 15) is 4.79 Å². The molecule has 1 aromatic heterocycles. The lowest BCUT2D eigenvalue weighted by Crippen LogP contribution is -2.36. The Hall–Kier alpha value is -2.87. The molecule has 0 atom stereocenters. The Morgan fingerprint density at radius 3 is 2.93 bits per heavy atom. The number of methoxy groups -OCH3 is 1. The number of amides is 1. The highest BCUT2D eigenvalue weighted by Crippen LogP contribution is 2.29. The van der Waals surface area contributed by atoms with E-state index in [1.807, 2.05) is 48.2 Å². The van der Waals surface area contributed by atoms with Gasteiger partial charge in [-0.15, -0.1) is 5.10 Å². The first-order valence-corrected chi connectivity index (χ1v) is 10.1. The van der Waals surface area contributed by atoms with E-state index in [0.717, 1.165) is 36.3 Å². The van der Waals surface area contributed by atoms with Crippen LogP contribution in [0.1, 0.15) is 17.5 Å². The summed E-state index contributed by atoms with van der Waals surface area (Å²) in [5.74, 6) is 1.00. The van der Waals surface area contributed by atoms with E-state index in [4.69, 9.17) is 4.74 Å². The van der Waals surface area contributed by atoms with E-state index < -0.39 is 0 Å². The molecule has 8 heteroatoms. The molecule has 0 fully saturated rings. The van der Waals surface area contributed by atoms with Crippen molar-refractivity contribution in [2.75, 3.05) is 24.3 Å². The summed E-state index contributed by atoms with van der Waals surface area (Å²) in [5.41, 5.74) is 4.06. The number of aromatic nitrogens is 4. The van der Waals surface area contributed by atoms with Crippen molar-refractivity contribution in [1.29, 1.82) is 0 Å². The molecule has 1 amide bonds. The van der Waals surface area contributed by atoms with Gasteiger partial charge in [-0.3, -0.25) is 4.79 Å². The summed E-state index contributed by atoms with van der Waals surface area (Å²) in [6.07, 6.45) is 1.99. The minimum absolute atomic E-state index is 0.0582. The third kappa shape index (κ3) is 3.60. The number of ether oxygens (including phenoxy) is 1. The predicted octanol–water partition coefficient (Wildman–Crippen LogP) is 3.05. The standard InChI is InChI=1S/C20H21N5O2S/c1-14-9-10-18(27-2)17(12-14)25-20(21-22-23-25)28-13-19(26)24-11-5-7-15-6-3-4-8-16(15)24/h3-4,6,8-10,12H,5,7,11,13H2,1-2H3. The first-order valence-electron chi connectivity index (χ1n) is 9.12. The van der Waals surface area contributed by atoms with Crippen LogP contribution in [0.4, 0.5) is 5.69 Å². The summed E-state index contributed by atoms with van der Waals surface area (Å²) >= 11 is 1.33. The number of aryl methyl sites for hydroxylation is 2. The highest BCUT2D eigenvalue weighted by molar-refractivity contribution is 7.99. The summed E-state index contributed by atoms with van der Waals surface area (Å²) in [6, 6.07) is 13.9. The zero-order valence-electron chi connectivity index (χ0n) is 15.8. The molecule has 1 aliphatic rings. The molecule has 0 radical (unpaired) electrons. The molecule has 0 saturated carbocycles. The van der Waals surface area contributed by atoms with Crippen molar-refractivity contribution in [2.24, 2.45) is 0 Å². The number of carbonyl (C=O) groups excluding carboxylic acids is 1. The van der Waals surface area contributed by atoms with Crippen molar-refractivity contribution in [3.63, 3.8) is 0 Å². The van der Waals surface area contributed by atoms with Crippen molar-refractivity contribution >= 4 is 23.4 Å². The van der Waals surface area contributed by atoms with Gasteiger partial charge < -0.3 is 9.64 Å². The van der Waals surface area contributed by atoms with Crippen LogP contribution in [0.3, 0.4) is 0 Å². The quantitative estimate of drug-likeness (QED) is 0.618. The summed E-state index contributed by atoms with van der Waals surface area (Å²) in [6.45, 7) is 2.74. The Bertz CT molecular complexity index is 1000. The number of carbonyl (C=O) groups is 1. The molecule has 0 unspecified atom stereocenters. The van der Waals surface area contributed by atoms with Gasteiger partial charge in [0.25, 0.3) is 0 Å². The third-order valence-electron chi connectivity index (χ3n) is 4.74. The largest absolute Gasteiger partial charge is 0.494 e. The fourth-order valence-electron chi connectivity index (χ4n) is 3.38. The Kier molecular flexibility index (Phi) is 5.29. The van der Waals surface area contributed by atoms with Crippen LogP contribution in [0.5, 0.6) is 5.75 Å². The van der Waals surface area contributed by atoms with Crippen LogP contribution in [0.25, 0.3) is 5.69 Å². The number of hydrogen-bond donors (Lipinski definition) is 0. The van der Waals surface area contributed by atoms with Gasteiger partial charge in [0.05, 0.1) is 12.9 Å². The van der Waals surface area contributed by atoms with Gasteiger partial charge in [0.1, 0.15) is 11.4 Å². The number of hydrogen-bond acceptors (Lipinski definition) is 6. The topological polar surface area (TPSA) is 73.1 Å². The van der Waals surface area contributed by atoms with Crippen molar-refractivity contribution < 1.29 is 9.53 Å². The molecular formula is C20H21N5O2S. The summed E-state index contributed by atoms with van der Waals surface area (Å²) < 4.78 is 7.06. The molecule has 0 N–H and O–H groups in total. The SMILES string of the molecule is COc1ccc(C)cc1-n1nnnc1SCC(=O)N1CCCc2ccccc21. The fraction of sp³-hybridized carbons (Fsp3) is 0.300. The van der Waals surface area contributed by atoms with Gasteiger partial charge in [0.2, 0.25) is 11.1 Å². The number of rotatable bonds is 5. The molecule has 1 aliphatic heterocycles. The zero-order valence-corrected chi connectivity index (χ0v) is 16.6. The molecule has 0 aliphatic carbocycles. The van der Waals surface area contributed by atoms with Crippen molar-refractivity contribution in [1.82, 2.24) is 20.2 Å². The molecule has 0 saturated heterocycles. The lowest BCUT2D eigenvalue weighted by molar-refractivity contribution is -0.116. The maximum absolute atomic E-state index is 12.9. The summed E-state index contributed by atoms with van der Waals surface area (Å²) in [4.78, 5) is 14.8. The van der Waals surface area contributed by atoms with Crippen molar-refractivity contribution in [3.8, 4) is 11.4 Å². The number of anilines is 1. The summed E-state index contributed by atoms with van der Waals surface area (Å²) in [5, 5.41) is 12.5. The van der Waals surface area contributed by atoms with Gasteiger partial charge in [-0.2, -0.15) is 4.68 Å². The van der Waals surface area contributed by atoms with Gasteiger partial charge in [0.15, 0.2) is 0 Å². The van der Waals surface area contributed by atoms with Crippen LogP contribution in [-0.2, 0) is 11.2 Å². The van der Waals surface area contributed by atoms with Crippen LogP contribution in [0, 0.1) is 6.92 Å². The molecule has 144 valence electrons. The predicted molar refractivity (Wildman–Crippen MR) is 108 cm³/mol. The van der Waals surface area contributed by atoms with E-state index in [2.05, 4.69) is 21.6 Å². The number of thioether (sulfide) groups is 1. The highest BCUT2D eigenvalue weighted by atomic mass is 32.2. The van der Waals surface area contributed by atoms with Crippen LogP contribution < -0.4 is 9.64 Å². The maximum atomic E-state index is 12.9. The number of para-hydroxylation sites is 1. The number of benzene rings is 2. The zero-order chi connectivity index (χ0) is 19.5. The van der Waals surface area contributed by atoms with Crippen LogP contribution in [-0.4, -0.2) is 45.5 Å². The monoisotopic (exact) mass is 395 g/mol. The molecule has 0 bridgehead atoms. The second-order valence-electron chi connectivity index (χ2n) is 6.61. The van der Waals surface area contributed by atoms with E-state index >= 15 is 0 Å². The Labute approximate surface area is 167 Å². The normalized spacial score (nSPS) is 13.3. The Balaban J connectivity index is 1.53. The van der Waals surface area contributed by atoms with Gasteiger partial charge in [-0.1, -0.05) is 36.0 Å². The highest BCUT2D eigenvalue weighted by Gasteiger charge is 2.23. The molecular weight excluding hydrogens is 374 g/mol. The second kappa shape index (κ2) is 8.02. The smallest absolute Gasteiger partial charge is 0.237 e. The summed E-state index contributed by atoms with van der Waals surface area (Å²) in [7, 11) is 1.61. The third-order valence-corrected chi connectivity index (χ3v) is 5.64. The van der Waals surface area contributed by atoms with E-state index in [1.165, 1.54) is 17.3 Å². The van der Waals surface area contributed by atoms with Gasteiger partial charge >= 0.3 is 0 Å². The molecule has 2 heterocycles. The van der Waals surface area contributed by atoms with Crippen LogP contribution in [0.15, 0.2) is 47.6 Å². The minimum atomic E-state index is 0.0582. The molecule has 3 aromatic rings. The van der Waals surface area contributed by atoms with Crippen LogP contribution >= 0.6 is 11.8 Å². The van der Waals surface area contributed by atoms with E-state index in [0.29, 0.717) is 10.9 Å². The van der Waals surface area contributed by atoms with Crippen molar-refractivity contribution in [3.05, 3.63) is 53.6 Å². The van der Waals surface area contributed by atoms with Crippen molar-refractivity contribution in [2.45, 2.75) is 24.9 Å². The molecule has 7 nitrogen and oxygen atoms in total. The average Bonchev–Trinajstić information content (AvgIpc) is 3.20. The fourth-order valence-corrected chi connectivity index (χ4v) is 4.14. The number of nitrogens with zero attached hydrogens (tertiary/aromatic N) is 5. The minimum Gasteiger partial charge on any atom is -0.494 e. The lowest BCUT2D eigenvalue weighted by Gasteiger charge is -2.29. The maximum Gasteiger partial charge on any atom is 0.237 e. The van der Waals surface area contributed by atoms with Crippen LogP contribution in [0.2, 0.25) is 0 Å². The second-order valence-corrected chi connectivity index (χ2v) is 7.56. The molecule has 4 rings (SSSR count). The van der Waals surface area contributed by atoms with E-state index in [-0.39, 0.29) is 11.7 Å². The van der Waals surface area contributed by atoms with Gasteiger partial charge in [0, 0.05) is 12.2 Å². The van der Waals surface area contributed by atoms with Gasteiger partial charge in [-0.25, -0.2) is 0 Å². The number of fused-ring (bicyclic) bond motifs is 1.